The highest BCUT2D eigenvalue weighted by atomic mass is 16.3. The minimum absolute atomic E-state index is 0.0255. The highest BCUT2D eigenvalue weighted by Crippen LogP contribution is 2.28. The number of piperidine rings is 1. The number of nitrogens with two attached hydrogens (primary N) is 1. The average molecular weight is 336 g/mol. The Morgan fingerprint density at radius 1 is 1.16 bits per heavy atom. The van der Waals surface area contributed by atoms with Crippen molar-refractivity contribution in [3.63, 3.8) is 0 Å². The molecule has 3 rings (SSSR count). The van der Waals surface area contributed by atoms with E-state index in [-0.39, 0.29) is 11.7 Å². The fourth-order valence-corrected chi connectivity index (χ4v) is 3.31. The number of carbonyl (C=O) groups excluding carboxylic acids is 1. The summed E-state index contributed by atoms with van der Waals surface area (Å²) < 4.78 is 0. The standard InChI is InChI=1S/C21H24N2O2/c22-15-17-4-1-5-19(13-17)18-9-11-23(12-10-18)21(25)8-7-16-3-2-6-20(24)14-16/h1-8,13-14,18,24H,9-12,15,22H2/b8-7-. The molecule has 1 fully saturated rings. The summed E-state index contributed by atoms with van der Waals surface area (Å²) in [5, 5.41) is 9.46. The first kappa shape index (κ1) is 17.2. The van der Waals surface area contributed by atoms with Crippen LogP contribution < -0.4 is 5.73 Å². The molecule has 0 spiro atoms. The number of hydrogen-bond donors (Lipinski definition) is 2. The van der Waals surface area contributed by atoms with E-state index in [0.717, 1.165) is 37.1 Å². The number of hydrogen-bond acceptors (Lipinski definition) is 3. The lowest BCUT2D eigenvalue weighted by Crippen LogP contribution is -2.36. The van der Waals surface area contributed by atoms with Crippen LogP contribution in [-0.4, -0.2) is 29.0 Å². The van der Waals surface area contributed by atoms with Gasteiger partial charge in [0.1, 0.15) is 5.75 Å². The smallest absolute Gasteiger partial charge is 0.246 e. The first-order valence-corrected chi connectivity index (χ1v) is 8.70. The lowest BCUT2D eigenvalue weighted by Gasteiger charge is -2.31. The number of phenols is 1. The van der Waals surface area contributed by atoms with Crippen molar-refractivity contribution in [1.82, 2.24) is 4.90 Å². The van der Waals surface area contributed by atoms with E-state index >= 15 is 0 Å². The molecule has 130 valence electrons. The van der Waals surface area contributed by atoms with Crippen LogP contribution in [0.2, 0.25) is 0 Å². The van der Waals surface area contributed by atoms with Crippen LogP contribution >= 0.6 is 0 Å². The van der Waals surface area contributed by atoms with E-state index in [9.17, 15) is 9.90 Å². The van der Waals surface area contributed by atoms with Crippen LogP contribution in [0.25, 0.3) is 6.08 Å². The second-order valence-electron chi connectivity index (χ2n) is 6.48. The molecule has 4 heteroatoms. The van der Waals surface area contributed by atoms with E-state index in [0.29, 0.717) is 12.5 Å². The van der Waals surface area contributed by atoms with E-state index in [2.05, 4.69) is 18.2 Å². The largest absolute Gasteiger partial charge is 0.508 e. The minimum atomic E-state index is 0.0255. The van der Waals surface area contributed by atoms with Gasteiger partial charge in [-0.3, -0.25) is 4.79 Å². The van der Waals surface area contributed by atoms with Gasteiger partial charge >= 0.3 is 0 Å². The summed E-state index contributed by atoms with van der Waals surface area (Å²) in [6, 6.07) is 15.3. The summed E-state index contributed by atoms with van der Waals surface area (Å²) >= 11 is 0. The fourth-order valence-electron chi connectivity index (χ4n) is 3.31. The molecule has 1 heterocycles. The molecular formula is C21H24N2O2. The molecule has 0 bridgehead atoms. The minimum Gasteiger partial charge on any atom is -0.508 e. The van der Waals surface area contributed by atoms with Crippen molar-refractivity contribution < 1.29 is 9.90 Å². The van der Waals surface area contributed by atoms with E-state index in [1.165, 1.54) is 5.56 Å². The maximum Gasteiger partial charge on any atom is 0.246 e. The highest BCUT2D eigenvalue weighted by molar-refractivity contribution is 5.91. The Morgan fingerprint density at radius 3 is 2.64 bits per heavy atom. The number of rotatable bonds is 4. The quantitative estimate of drug-likeness (QED) is 0.842. The van der Waals surface area contributed by atoms with Gasteiger partial charge in [0.2, 0.25) is 5.91 Å². The van der Waals surface area contributed by atoms with Crippen LogP contribution in [0.15, 0.2) is 54.6 Å². The molecule has 4 nitrogen and oxygen atoms in total. The van der Waals surface area contributed by atoms with E-state index in [4.69, 9.17) is 5.73 Å². The second-order valence-corrected chi connectivity index (χ2v) is 6.48. The third-order valence-electron chi connectivity index (χ3n) is 4.75. The number of amides is 1. The molecule has 0 saturated carbocycles. The van der Waals surface area contributed by atoms with Crippen LogP contribution in [0.5, 0.6) is 5.75 Å². The summed E-state index contributed by atoms with van der Waals surface area (Å²) in [4.78, 5) is 14.3. The van der Waals surface area contributed by atoms with Gasteiger partial charge in [0.05, 0.1) is 0 Å². The molecule has 1 amide bonds. The summed E-state index contributed by atoms with van der Waals surface area (Å²) in [5.41, 5.74) is 9.03. The molecule has 0 unspecified atom stereocenters. The van der Waals surface area contributed by atoms with Crippen molar-refractivity contribution in [2.24, 2.45) is 5.73 Å². The first-order valence-electron chi connectivity index (χ1n) is 8.70. The predicted molar refractivity (Wildman–Crippen MR) is 100 cm³/mol. The number of nitrogens with zero attached hydrogens (tertiary/aromatic N) is 1. The Labute approximate surface area is 148 Å². The van der Waals surface area contributed by atoms with Crippen LogP contribution in [0.3, 0.4) is 0 Å². The van der Waals surface area contributed by atoms with Gasteiger partial charge in [-0.05, 0) is 53.7 Å². The third kappa shape index (κ3) is 4.48. The molecule has 0 aromatic heterocycles. The summed E-state index contributed by atoms with van der Waals surface area (Å²) in [5.74, 6) is 0.721. The molecule has 2 aromatic rings. The molecule has 1 aliphatic heterocycles. The summed E-state index contributed by atoms with van der Waals surface area (Å²) in [6.07, 6.45) is 5.28. The Bertz CT molecular complexity index is 762. The van der Waals surface area contributed by atoms with Gasteiger partial charge in [0, 0.05) is 25.7 Å². The van der Waals surface area contributed by atoms with Gasteiger partial charge < -0.3 is 15.7 Å². The van der Waals surface area contributed by atoms with Crippen molar-refractivity contribution in [3.05, 3.63) is 71.3 Å². The van der Waals surface area contributed by atoms with Gasteiger partial charge in [-0.2, -0.15) is 0 Å². The zero-order chi connectivity index (χ0) is 17.6. The molecule has 2 aromatic carbocycles. The summed E-state index contributed by atoms with van der Waals surface area (Å²) in [6.45, 7) is 2.09. The molecule has 0 radical (unpaired) electrons. The molecule has 1 saturated heterocycles. The van der Waals surface area contributed by atoms with Gasteiger partial charge in [0.15, 0.2) is 0 Å². The number of benzene rings is 2. The lowest BCUT2D eigenvalue weighted by atomic mass is 9.88. The normalized spacial score (nSPS) is 15.6. The molecule has 1 aliphatic rings. The third-order valence-corrected chi connectivity index (χ3v) is 4.75. The van der Waals surface area contributed by atoms with Crippen LogP contribution in [0.4, 0.5) is 0 Å². The number of phenolic OH excluding ortho intramolecular Hbond substituents is 1. The van der Waals surface area contributed by atoms with E-state index < -0.39 is 0 Å². The molecule has 0 aliphatic carbocycles. The zero-order valence-corrected chi connectivity index (χ0v) is 14.3. The van der Waals surface area contributed by atoms with Gasteiger partial charge in [0.25, 0.3) is 0 Å². The van der Waals surface area contributed by atoms with Gasteiger partial charge in [-0.1, -0.05) is 36.4 Å². The molecule has 0 atom stereocenters. The number of aromatic hydroxyl groups is 1. The lowest BCUT2D eigenvalue weighted by molar-refractivity contribution is -0.126. The maximum atomic E-state index is 12.4. The Kier molecular flexibility index (Phi) is 5.51. The van der Waals surface area contributed by atoms with Crippen molar-refractivity contribution in [2.75, 3.05) is 13.1 Å². The molecular weight excluding hydrogens is 312 g/mol. The Balaban J connectivity index is 1.57. The molecule has 3 N–H and O–H groups in total. The second kappa shape index (κ2) is 7.99. The topological polar surface area (TPSA) is 66.6 Å². The van der Waals surface area contributed by atoms with Crippen molar-refractivity contribution >= 4 is 12.0 Å². The van der Waals surface area contributed by atoms with Crippen molar-refractivity contribution in [1.29, 1.82) is 0 Å². The van der Waals surface area contributed by atoms with Crippen molar-refractivity contribution in [3.8, 4) is 5.75 Å². The van der Waals surface area contributed by atoms with E-state index in [1.807, 2.05) is 17.0 Å². The summed E-state index contributed by atoms with van der Waals surface area (Å²) in [7, 11) is 0. The number of likely N-dealkylation sites (tertiary alicyclic amines) is 1. The van der Waals surface area contributed by atoms with Crippen molar-refractivity contribution in [2.45, 2.75) is 25.3 Å². The molecule has 25 heavy (non-hydrogen) atoms. The first-order chi connectivity index (χ1) is 12.2. The Morgan fingerprint density at radius 2 is 1.92 bits per heavy atom. The van der Waals surface area contributed by atoms with Crippen LogP contribution in [0, 0.1) is 0 Å². The SMILES string of the molecule is NCc1cccc(C2CCN(C(=O)/C=C\c3cccc(O)c3)CC2)c1. The van der Waals surface area contributed by atoms with Gasteiger partial charge in [-0.25, -0.2) is 0 Å². The van der Waals surface area contributed by atoms with Crippen LogP contribution in [-0.2, 0) is 11.3 Å². The highest BCUT2D eigenvalue weighted by Gasteiger charge is 2.22. The zero-order valence-electron chi connectivity index (χ0n) is 14.3. The fraction of sp³-hybridized carbons (Fsp3) is 0.286. The Hall–Kier alpha value is -2.59. The van der Waals surface area contributed by atoms with Crippen LogP contribution in [0.1, 0.15) is 35.4 Å². The predicted octanol–water partition coefficient (Wildman–Crippen LogP) is 3.27. The monoisotopic (exact) mass is 336 g/mol. The van der Waals surface area contributed by atoms with E-state index in [1.54, 1.807) is 30.4 Å². The average Bonchev–Trinajstić information content (AvgIpc) is 2.66. The maximum absolute atomic E-state index is 12.4. The van der Waals surface area contributed by atoms with Gasteiger partial charge in [-0.15, -0.1) is 0 Å². The number of carbonyl (C=O) groups is 1.